The molecule has 132 valence electrons. The van der Waals surface area contributed by atoms with Crippen molar-refractivity contribution in [2.75, 3.05) is 11.9 Å². The SMILES string of the molecule is O=C1COc2cccc(OCc3nc(-c4ccc(F)c(F)c4)no3)c2N1. The van der Waals surface area contributed by atoms with E-state index in [0.717, 1.165) is 12.1 Å². The van der Waals surface area contributed by atoms with Gasteiger partial charge in [0.15, 0.2) is 24.8 Å². The lowest BCUT2D eigenvalue weighted by Crippen LogP contribution is -2.25. The highest BCUT2D eigenvalue weighted by atomic mass is 19.2. The van der Waals surface area contributed by atoms with Gasteiger partial charge in [-0.2, -0.15) is 4.98 Å². The second kappa shape index (κ2) is 6.43. The van der Waals surface area contributed by atoms with E-state index in [1.807, 2.05) is 0 Å². The van der Waals surface area contributed by atoms with Crippen molar-refractivity contribution in [1.29, 1.82) is 0 Å². The Morgan fingerprint density at radius 1 is 1.19 bits per heavy atom. The van der Waals surface area contributed by atoms with Gasteiger partial charge in [0.05, 0.1) is 0 Å². The molecule has 0 fully saturated rings. The van der Waals surface area contributed by atoms with Crippen LogP contribution in [0.4, 0.5) is 14.5 Å². The van der Waals surface area contributed by atoms with Crippen LogP contribution >= 0.6 is 0 Å². The summed E-state index contributed by atoms with van der Waals surface area (Å²) in [7, 11) is 0. The van der Waals surface area contributed by atoms with Crippen LogP contribution in [-0.2, 0) is 11.4 Å². The molecule has 0 unspecified atom stereocenters. The lowest BCUT2D eigenvalue weighted by atomic mass is 10.2. The summed E-state index contributed by atoms with van der Waals surface area (Å²) >= 11 is 0. The molecule has 1 aliphatic heterocycles. The monoisotopic (exact) mass is 359 g/mol. The fourth-order valence-corrected chi connectivity index (χ4v) is 2.40. The van der Waals surface area contributed by atoms with Gasteiger partial charge in [-0.25, -0.2) is 8.78 Å². The minimum absolute atomic E-state index is 0.0578. The van der Waals surface area contributed by atoms with E-state index >= 15 is 0 Å². The third kappa shape index (κ3) is 3.06. The van der Waals surface area contributed by atoms with Gasteiger partial charge in [-0.3, -0.25) is 4.79 Å². The number of fused-ring (bicyclic) bond motifs is 1. The first-order chi connectivity index (χ1) is 12.6. The van der Waals surface area contributed by atoms with Crippen LogP contribution < -0.4 is 14.8 Å². The zero-order valence-corrected chi connectivity index (χ0v) is 13.2. The van der Waals surface area contributed by atoms with E-state index in [1.54, 1.807) is 18.2 Å². The van der Waals surface area contributed by atoms with Crippen molar-refractivity contribution in [2.45, 2.75) is 6.61 Å². The summed E-state index contributed by atoms with van der Waals surface area (Å²) < 4.78 is 42.3. The van der Waals surface area contributed by atoms with Gasteiger partial charge in [0, 0.05) is 5.56 Å². The van der Waals surface area contributed by atoms with Gasteiger partial charge in [0.1, 0.15) is 17.2 Å². The van der Waals surface area contributed by atoms with Crippen LogP contribution in [0.15, 0.2) is 40.9 Å². The summed E-state index contributed by atoms with van der Waals surface area (Å²) in [6.07, 6.45) is 0. The maximum atomic E-state index is 13.3. The Bertz CT molecular complexity index is 990. The number of carbonyl (C=O) groups excluding carboxylic acids is 1. The number of rotatable bonds is 4. The normalized spacial score (nSPS) is 12.9. The quantitative estimate of drug-likeness (QED) is 0.771. The molecule has 0 saturated carbocycles. The highest BCUT2D eigenvalue weighted by Gasteiger charge is 2.20. The molecule has 1 amide bonds. The lowest BCUT2D eigenvalue weighted by molar-refractivity contribution is -0.118. The van der Waals surface area contributed by atoms with Crippen molar-refractivity contribution in [3.8, 4) is 22.9 Å². The van der Waals surface area contributed by atoms with Gasteiger partial charge < -0.3 is 19.3 Å². The van der Waals surface area contributed by atoms with Gasteiger partial charge in [-0.05, 0) is 30.3 Å². The number of para-hydroxylation sites is 1. The average molecular weight is 359 g/mol. The minimum Gasteiger partial charge on any atom is -0.481 e. The van der Waals surface area contributed by atoms with Crippen molar-refractivity contribution in [2.24, 2.45) is 0 Å². The predicted molar refractivity (Wildman–Crippen MR) is 84.5 cm³/mol. The van der Waals surface area contributed by atoms with Crippen molar-refractivity contribution in [1.82, 2.24) is 10.1 Å². The Morgan fingerprint density at radius 2 is 2.08 bits per heavy atom. The maximum absolute atomic E-state index is 13.3. The topological polar surface area (TPSA) is 86.5 Å². The van der Waals surface area contributed by atoms with Crippen LogP contribution in [0.3, 0.4) is 0 Å². The molecule has 4 rings (SSSR count). The number of halogens is 2. The first-order valence-electron chi connectivity index (χ1n) is 7.56. The van der Waals surface area contributed by atoms with E-state index in [-0.39, 0.29) is 36.4 Å². The Balaban J connectivity index is 1.50. The summed E-state index contributed by atoms with van der Waals surface area (Å²) in [5, 5.41) is 6.39. The van der Waals surface area contributed by atoms with Gasteiger partial charge >= 0.3 is 0 Å². The number of anilines is 1. The number of aromatic nitrogens is 2. The number of hydrogen-bond acceptors (Lipinski definition) is 6. The average Bonchev–Trinajstić information content (AvgIpc) is 3.11. The molecule has 7 nitrogen and oxygen atoms in total. The van der Waals surface area contributed by atoms with Crippen molar-refractivity contribution >= 4 is 11.6 Å². The molecule has 1 aliphatic rings. The van der Waals surface area contributed by atoms with Crippen LogP contribution in [0.1, 0.15) is 5.89 Å². The van der Waals surface area contributed by atoms with E-state index < -0.39 is 11.6 Å². The third-order valence-corrected chi connectivity index (χ3v) is 3.61. The number of ether oxygens (including phenoxy) is 2. The molecule has 1 N–H and O–H groups in total. The molecule has 0 atom stereocenters. The molecule has 0 saturated heterocycles. The van der Waals surface area contributed by atoms with Crippen LogP contribution in [-0.4, -0.2) is 22.7 Å². The number of benzene rings is 2. The highest BCUT2D eigenvalue weighted by Crippen LogP contribution is 2.36. The van der Waals surface area contributed by atoms with E-state index in [1.165, 1.54) is 6.07 Å². The van der Waals surface area contributed by atoms with E-state index in [4.69, 9.17) is 14.0 Å². The number of nitrogens with zero attached hydrogens (tertiary/aromatic N) is 2. The van der Waals surface area contributed by atoms with Crippen molar-refractivity contribution < 1.29 is 27.6 Å². The molecule has 26 heavy (non-hydrogen) atoms. The second-order valence-electron chi connectivity index (χ2n) is 5.40. The van der Waals surface area contributed by atoms with Crippen molar-refractivity contribution in [3.05, 3.63) is 53.9 Å². The lowest BCUT2D eigenvalue weighted by Gasteiger charge is -2.20. The molecule has 1 aromatic heterocycles. The van der Waals surface area contributed by atoms with E-state index in [9.17, 15) is 13.6 Å². The van der Waals surface area contributed by atoms with Crippen LogP contribution in [0.5, 0.6) is 11.5 Å². The van der Waals surface area contributed by atoms with Crippen LogP contribution in [0, 0.1) is 11.6 Å². The fraction of sp³-hybridized carbons (Fsp3) is 0.118. The predicted octanol–water partition coefficient (Wildman–Crippen LogP) is 2.92. The molecule has 0 spiro atoms. The molecular weight excluding hydrogens is 348 g/mol. The maximum Gasteiger partial charge on any atom is 0.264 e. The Kier molecular flexibility index (Phi) is 3.96. The summed E-state index contributed by atoms with van der Waals surface area (Å²) in [6.45, 7) is -0.138. The number of amides is 1. The Hall–Kier alpha value is -3.49. The molecule has 9 heteroatoms. The largest absolute Gasteiger partial charge is 0.481 e. The van der Waals surface area contributed by atoms with Crippen LogP contribution in [0.2, 0.25) is 0 Å². The fourth-order valence-electron chi connectivity index (χ4n) is 2.40. The molecule has 0 radical (unpaired) electrons. The molecule has 0 aliphatic carbocycles. The molecule has 3 aromatic rings. The molecular formula is C17H11F2N3O4. The number of hydrogen-bond donors (Lipinski definition) is 1. The third-order valence-electron chi connectivity index (χ3n) is 3.61. The van der Waals surface area contributed by atoms with Gasteiger partial charge in [0.2, 0.25) is 5.82 Å². The molecule has 2 aromatic carbocycles. The first kappa shape index (κ1) is 16.0. The first-order valence-corrected chi connectivity index (χ1v) is 7.56. The van der Waals surface area contributed by atoms with Gasteiger partial charge in [0.25, 0.3) is 11.8 Å². The Labute approximate surface area is 145 Å². The highest BCUT2D eigenvalue weighted by molar-refractivity contribution is 5.97. The zero-order chi connectivity index (χ0) is 18.1. The number of carbonyl (C=O) groups is 1. The summed E-state index contributed by atoms with van der Waals surface area (Å²) in [4.78, 5) is 15.6. The minimum atomic E-state index is -1.00. The van der Waals surface area contributed by atoms with Crippen molar-refractivity contribution in [3.63, 3.8) is 0 Å². The standard InChI is InChI=1S/C17H11F2N3O4/c18-10-5-4-9(6-11(10)19)17-21-15(26-22-17)8-25-13-3-1-2-12-16(13)20-14(23)7-24-12/h1-6H,7-8H2,(H,20,23). The smallest absolute Gasteiger partial charge is 0.264 e. The van der Waals surface area contributed by atoms with Gasteiger partial charge in [-0.1, -0.05) is 11.2 Å². The van der Waals surface area contributed by atoms with Crippen LogP contribution in [0.25, 0.3) is 11.4 Å². The Morgan fingerprint density at radius 3 is 2.92 bits per heavy atom. The summed E-state index contributed by atoms with van der Waals surface area (Å²) in [5.41, 5.74) is 0.695. The summed E-state index contributed by atoms with van der Waals surface area (Å²) in [5.74, 6) is -1.14. The van der Waals surface area contributed by atoms with Gasteiger partial charge in [-0.15, -0.1) is 0 Å². The van der Waals surface area contributed by atoms with E-state index in [2.05, 4.69) is 15.5 Å². The number of nitrogens with one attached hydrogen (secondary N) is 1. The molecule has 2 heterocycles. The zero-order valence-electron chi connectivity index (χ0n) is 13.2. The summed E-state index contributed by atoms with van der Waals surface area (Å²) in [6, 6.07) is 8.37. The molecule has 0 bridgehead atoms. The second-order valence-corrected chi connectivity index (χ2v) is 5.40. The van der Waals surface area contributed by atoms with E-state index in [0.29, 0.717) is 17.2 Å².